The molecule has 0 heterocycles. The van der Waals surface area contributed by atoms with E-state index in [0.29, 0.717) is 9.80 Å². The maximum absolute atomic E-state index is 11.5. The second kappa shape index (κ2) is 6.57. The van der Waals surface area contributed by atoms with Crippen molar-refractivity contribution in [1.82, 2.24) is 9.80 Å². The smallest absolute Gasteiger partial charge is 0.407 e. The van der Waals surface area contributed by atoms with Gasteiger partial charge in [-0.25, -0.2) is 19.2 Å². The summed E-state index contributed by atoms with van der Waals surface area (Å²) in [7, 11) is 2.29. The van der Waals surface area contributed by atoms with Crippen LogP contribution < -0.4 is 0 Å². The molecule has 0 aromatic heterocycles. The van der Waals surface area contributed by atoms with Crippen LogP contribution in [0.3, 0.4) is 0 Å². The fourth-order valence-electron chi connectivity index (χ4n) is 0.917. The Morgan fingerprint density at radius 3 is 1.32 bits per heavy atom. The van der Waals surface area contributed by atoms with Crippen LogP contribution in [0, 0.1) is 0 Å². The standard InChI is InChI=1S/C10H16N2O7/c1-5(11(3)9(15)16)7(13)19-8(14)6(2)12(4)10(17)18/h5-6H,1-4H3,(H,15,16)(H,17,18)/t5-,6-/m0/s1. The Hall–Kier alpha value is -2.32. The molecule has 9 nitrogen and oxygen atoms in total. The lowest BCUT2D eigenvalue weighted by Crippen LogP contribution is -2.45. The number of carbonyl (C=O) groups is 4. The molecule has 0 aromatic rings. The Balaban J connectivity index is 4.61. The molecule has 0 radical (unpaired) electrons. The van der Waals surface area contributed by atoms with E-state index in [4.69, 9.17) is 10.2 Å². The van der Waals surface area contributed by atoms with Crippen molar-refractivity contribution >= 4 is 24.1 Å². The van der Waals surface area contributed by atoms with Crippen LogP contribution in [0.1, 0.15) is 13.8 Å². The van der Waals surface area contributed by atoms with E-state index in [2.05, 4.69) is 4.74 Å². The summed E-state index contributed by atoms with van der Waals surface area (Å²) in [6.07, 6.45) is -2.71. The van der Waals surface area contributed by atoms with Crippen LogP contribution in [0.2, 0.25) is 0 Å². The average Bonchev–Trinajstić information content (AvgIpc) is 2.34. The monoisotopic (exact) mass is 276 g/mol. The topological polar surface area (TPSA) is 124 Å². The van der Waals surface area contributed by atoms with Crippen LogP contribution >= 0.6 is 0 Å². The number of esters is 2. The third-order valence-electron chi connectivity index (χ3n) is 2.65. The molecule has 0 saturated carbocycles. The van der Waals surface area contributed by atoms with Crippen molar-refractivity contribution in [2.75, 3.05) is 14.1 Å². The Morgan fingerprint density at radius 2 is 1.11 bits per heavy atom. The van der Waals surface area contributed by atoms with E-state index >= 15 is 0 Å². The number of rotatable bonds is 4. The first kappa shape index (κ1) is 16.7. The number of nitrogens with zero attached hydrogens (tertiary/aromatic N) is 2. The summed E-state index contributed by atoms with van der Waals surface area (Å²) >= 11 is 0. The molecule has 0 rings (SSSR count). The third-order valence-corrected chi connectivity index (χ3v) is 2.65. The number of hydrogen-bond acceptors (Lipinski definition) is 5. The average molecular weight is 276 g/mol. The van der Waals surface area contributed by atoms with Gasteiger partial charge < -0.3 is 14.9 Å². The quantitative estimate of drug-likeness (QED) is 0.549. The minimum Gasteiger partial charge on any atom is -0.465 e. The summed E-state index contributed by atoms with van der Waals surface area (Å²) in [6.45, 7) is 2.49. The van der Waals surface area contributed by atoms with E-state index in [1.165, 1.54) is 13.8 Å². The predicted molar refractivity (Wildman–Crippen MR) is 61.6 cm³/mol. The predicted octanol–water partition coefficient (Wildman–Crippen LogP) is 0.0528. The molecule has 19 heavy (non-hydrogen) atoms. The summed E-state index contributed by atoms with van der Waals surface area (Å²) in [5, 5.41) is 17.3. The third kappa shape index (κ3) is 4.45. The highest BCUT2D eigenvalue weighted by Gasteiger charge is 2.29. The normalized spacial score (nSPS) is 13.1. The van der Waals surface area contributed by atoms with Crippen LogP contribution in [0.15, 0.2) is 0 Å². The van der Waals surface area contributed by atoms with Crippen molar-refractivity contribution in [3.05, 3.63) is 0 Å². The maximum atomic E-state index is 11.5. The zero-order valence-electron chi connectivity index (χ0n) is 11.0. The van der Waals surface area contributed by atoms with E-state index < -0.39 is 36.2 Å². The van der Waals surface area contributed by atoms with E-state index in [9.17, 15) is 19.2 Å². The summed E-state index contributed by atoms with van der Waals surface area (Å²) in [6, 6.07) is -2.35. The van der Waals surface area contributed by atoms with Crippen LogP contribution in [0.25, 0.3) is 0 Å². The van der Waals surface area contributed by atoms with Gasteiger partial charge in [0.1, 0.15) is 12.1 Å². The molecular formula is C10H16N2O7. The van der Waals surface area contributed by atoms with Gasteiger partial charge in [-0.3, -0.25) is 9.80 Å². The fraction of sp³-hybridized carbons (Fsp3) is 0.600. The minimum atomic E-state index is -1.35. The van der Waals surface area contributed by atoms with E-state index in [1.807, 2.05) is 0 Å². The first-order valence-electron chi connectivity index (χ1n) is 5.26. The van der Waals surface area contributed by atoms with Crippen molar-refractivity contribution in [1.29, 1.82) is 0 Å². The molecule has 0 fully saturated rings. The Bertz CT molecular complexity index is 359. The zero-order valence-corrected chi connectivity index (χ0v) is 11.0. The lowest BCUT2D eigenvalue weighted by atomic mass is 10.3. The Labute approximate surface area is 109 Å². The number of carbonyl (C=O) groups excluding carboxylic acids is 2. The largest absolute Gasteiger partial charge is 0.465 e. The molecule has 0 aromatic carbocycles. The van der Waals surface area contributed by atoms with E-state index in [0.717, 1.165) is 14.1 Å². The molecule has 0 bridgehead atoms. The summed E-state index contributed by atoms with van der Waals surface area (Å²) < 4.78 is 4.43. The first-order chi connectivity index (χ1) is 8.59. The van der Waals surface area contributed by atoms with Crippen LogP contribution in [-0.2, 0) is 14.3 Å². The number of likely N-dealkylation sites (N-methyl/N-ethyl adjacent to an activating group) is 2. The summed E-state index contributed by atoms with van der Waals surface area (Å²) in [5.41, 5.74) is 0. The Morgan fingerprint density at radius 1 is 0.842 bits per heavy atom. The fourth-order valence-corrected chi connectivity index (χ4v) is 0.917. The van der Waals surface area contributed by atoms with Gasteiger partial charge in [0.15, 0.2) is 0 Å². The molecule has 2 amide bonds. The van der Waals surface area contributed by atoms with Gasteiger partial charge in [0.2, 0.25) is 0 Å². The number of hydrogen-bond donors (Lipinski definition) is 2. The van der Waals surface area contributed by atoms with Gasteiger partial charge in [-0.05, 0) is 13.8 Å². The van der Waals surface area contributed by atoms with Crippen LogP contribution in [0.5, 0.6) is 0 Å². The second-order valence-corrected chi connectivity index (χ2v) is 3.88. The zero-order chi connectivity index (χ0) is 15.3. The van der Waals surface area contributed by atoms with Crippen molar-refractivity contribution < 1.29 is 34.1 Å². The number of amides is 2. The van der Waals surface area contributed by atoms with Crippen LogP contribution in [-0.4, -0.2) is 70.3 Å². The SMILES string of the molecule is C[C@@H](C(=O)OC(=O)[C@H](C)N(C)C(=O)O)N(C)C(=O)O. The van der Waals surface area contributed by atoms with Gasteiger partial charge in [0.25, 0.3) is 0 Å². The summed E-state index contributed by atoms with van der Waals surface area (Å²) in [5.74, 6) is -2.14. The second-order valence-electron chi connectivity index (χ2n) is 3.88. The maximum Gasteiger partial charge on any atom is 0.407 e. The minimum absolute atomic E-state index is 0.668. The van der Waals surface area contributed by atoms with E-state index in [1.54, 1.807) is 0 Å². The molecule has 108 valence electrons. The first-order valence-corrected chi connectivity index (χ1v) is 5.26. The molecule has 2 atom stereocenters. The van der Waals surface area contributed by atoms with Crippen molar-refractivity contribution in [3.63, 3.8) is 0 Å². The molecule has 0 aliphatic heterocycles. The van der Waals surface area contributed by atoms with Crippen molar-refractivity contribution in [3.8, 4) is 0 Å². The summed E-state index contributed by atoms with van der Waals surface area (Å²) in [4.78, 5) is 45.5. The van der Waals surface area contributed by atoms with Gasteiger partial charge in [-0.1, -0.05) is 0 Å². The number of carboxylic acid groups (broad SMARTS) is 2. The molecule has 0 unspecified atom stereocenters. The molecule has 0 spiro atoms. The lowest BCUT2D eigenvalue weighted by Gasteiger charge is -2.22. The highest BCUT2D eigenvalue weighted by molar-refractivity contribution is 5.92. The molecule has 2 N–H and O–H groups in total. The van der Waals surface area contributed by atoms with Crippen LogP contribution in [0.4, 0.5) is 9.59 Å². The van der Waals surface area contributed by atoms with Gasteiger partial charge in [-0.15, -0.1) is 0 Å². The molecule has 0 aliphatic rings. The highest BCUT2D eigenvalue weighted by atomic mass is 16.6. The molecular weight excluding hydrogens is 260 g/mol. The Kier molecular flexibility index (Phi) is 5.77. The lowest BCUT2D eigenvalue weighted by molar-refractivity contribution is -0.165. The highest BCUT2D eigenvalue weighted by Crippen LogP contribution is 2.04. The number of ether oxygens (including phenoxy) is 1. The van der Waals surface area contributed by atoms with E-state index in [-0.39, 0.29) is 0 Å². The molecule has 9 heteroatoms. The van der Waals surface area contributed by atoms with Gasteiger partial charge in [0.05, 0.1) is 0 Å². The molecule has 0 aliphatic carbocycles. The van der Waals surface area contributed by atoms with Gasteiger partial charge in [-0.2, -0.15) is 0 Å². The van der Waals surface area contributed by atoms with Gasteiger partial charge >= 0.3 is 24.1 Å². The van der Waals surface area contributed by atoms with Gasteiger partial charge in [0, 0.05) is 14.1 Å². The van der Waals surface area contributed by atoms with Crippen molar-refractivity contribution in [2.45, 2.75) is 25.9 Å². The molecule has 0 saturated heterocycles. The van der Waals surface area contributed by atoms with Crippen molar-refractivity contribution in [2.24, 2.45) is 0 Å².